The highest BCUT2D eigenvalue weighted by Crippen LogP contribution is 2.36. The fraction of sp³-hybridized carbons (Fsp3) is 0.520. The van der Waals surface area contributed by atoms with E-state index < -0.39 is 10.0 Å². The van der Waals surface area contributed by atoms with Crippen molar-refractivity contribution >= 4 is 27.7 Å². The van der Waals surface area contributed by atoms with Gasteiger partial charge < -0.3 is 4.90 Å². The minimum Gasteiger partial charge on any atom is -0.335 e. The molecule has 1 aromatic carbocycles. The van der Waals surface area contributed by atoms with Gasteiger partial charge in [0.25, 0.3) is 0 Å². The Morgan fingerprint density at radius 3 is 2.39 bits per heavy atom. The van der Waals surface area contributed by atoms with Crippen LogP contribution in [0.4, 0.5) is 0 Å². The molecule has 0 bridgehead atoms. The summed E-state index contributed by atoms with van der Waals surface area (Å²) in [5.74, 6) is 0.963. The monoisotopic (exact) mass is 487 g/mol. The Bertz CT molecular complexity index is 1020. The molecule has 2 aliphatic rings. The Labute approximate surface area is 201 Å². The van der Waals surface area contributed by atoms with Gasteiger partial charge >= 0.3 is 0 Å². The van der Waals surface area contributed by atoms with E-state index in [0.717, 1.165) is 31.2 Å². The summed E-state index contributed by atoms with van der Waals surface area (Å²) in [5, 5.41) is 0.664. The van der Waals surface area contributed by atoms with E-state index in [1.807, 2.05) is 23.1 Å². The number of sulfonamides is 1. The van der Waals surface area contributed by atoms with Gasteiger partial charge in [-0.1, -0.05) is 54.9 Å². The molecule has 1 amide bonds. The summed E-state index contributed by atoms with van der Waals surface area (Å²) in [5.41, 5.74) is 1.13. The van der Waals surface area contributed by atoms with Gasteiger partial charge in [0.2, 0.25) is 15.9 Å². The Balaban J connectivity index is 1.38. The van der Waals surface area contributed by atoms with E-state index in [1.54, 1.807) is 16.4 Å². The van der Waals surface area contributed by atoms with Crippen LogP contribution in [0.15, 0.2) is 58.6 Å². The Morgan fingerprint density at radius 1 is 1.09 bits per heavy atom. The SMILES string of the molecule is C[C@H](C1CC1)N(Cc1ccccc1)C(=O)CSc1ccc(S(=O)(=O)N2CCCCCC2)cn1. The largest absolute Gasteiger partial charge is 0.335 e. The highest BCUT2D eigenvalue weighted by atomic mass is 32.2. The first-order valence-electron chi connectivity index (χ1n) is 11.9. The van der Waals surface area contributed by atoms with Crippen molar-refractivity contribution in [3.05, 3.63) is 54.2 Å². The molecule has 0 unspecified atom stereocenters. The Morgan fingerprint density at radius 2 is 1.79 bits per heavy atom. The molecule has 1 saturated heterocycles. The predicted octanol–water partition coefficient (Wildman–Crippen LogP) is 4.57. The minimum atomic E-state index is -3.51. The fourth-order valence-electron chi connectivity index (χ4n) is 4.33. The molecule has 6 nitrogen and oxygen atoms in total. The maximum Gasteiger partial charge on any atom is 0.244 e. The van der Waals surface area contributed by atoms with Crippen molar-refractivity contribution in [2.24, 2.45) is 5.92 Å². The summed E-state index contributed by atoms with van der Waals surface area (Å²) in [4.78, 5) is 19.7. The van der Waals surface area contributed by atoms with E-state index in [0.29, 0.717) is 30.6 Å². The lowest BCUT2D eigenvalue weighted by Crippen LogP contribution is -2.40. The third kappa shape index (κ3) is 6.37. The maximum absolute atomic E-state index is 13.1. The van der Waals surface area contributed by atoms with Crippen LogP contribution in [0.1, 0.15) is 51.0 Å². The van der Waals surface area contributed by atoms with Gasteiger partial charge in [-0.25, -0.2) is 13.4 Å². The molecule has 2 heterocycles. The topological polar surface area (TPSA) is 70.6 Å². The molecule has 1 atom stereocenters. The molecule has 8 heteroatoms. The molecule has 1 aliphatic carbocycles. The van der Waals surface area contributed by atoms with E-state index in [4.69, 9.17) is 0 Å². The van der Waals surface area contributed by atoms with Gasteiger partial charge in [0.05, 0.1) is 10.8 Å². The van der Waals surface area contributed by atoms with E-state index >= 15 is 0 Å². The van der Waals surface area contributed by atoms with Crippen LogP contribution in [-0.4, -0.2) is 53.4 Å². The number of rotatable bonds is 9. The van der Waals surface area contributed by atoms with Gasteiger partial charge in [-0.05, 0) is 56.2 Å². The molecular formula is C25H33N3O3S2. The molecule has 0 radical (unpaired) electrons. The van der Waals surface area contributed by atoms with Crippen molar-refractivity contribution in [3.8, 4) is 0 Å². The van der Waals surface area contributed by atoms with Gasteiger partial charge in [-0.2, -0.15) is 4.31 Å². The number of nitrogens with zero attached hydrogens (tertiary/aromatic N) is 3. The van der Waals surface area contributed by atoms with E-state index in [2.05, 4.69) is 24.0 Å². The predicted molar refractivity (Wildman–Crippen MR) is 131 cm³/mol. The van der Waals surface area contributed by atoms with Crippen molar-refractivity contribution in [1.82, 2.24) is 14.2 Å². The second-order valence-corrected chi connectivity index (χ2v) is 12.0. The maximum atomic E-state index is 13.1. The van der Waals surface area contributed by atoms with E-state index in [1.165, 1.54) is 30.8 Å². The molecule has 4 rings (SSSR count). The number of aromatic nitrogens is 1. The number of benzene rings is 1. The van der Waals surface area contributed by atoms with Crippen LogP contribution in [0.3, 0.4) is 0 Å². The number of hydrogen-bond acceptors (Lipinski definition) is 5. The lowest BCUT2D eigenvalue weighted by Gasteiger charge is -2.29. The first-order chi connectivity index (χ1) is 15.9. The molecule has 1 aromatic heterocycles. The highest BCUT2D eigenvalue weighted by molar-refractivity contribution is 7.99. The van der Waals surface area contributed by atoms with Crippen LogP contribution in [0.2, 0.25) is 0 Å². The first-order valence-corrected chi connectivity index (χ1v) is 14.3. The molecule has 2 aromatic rings. The van der Waals surface area contributed by atoms with Gasteiger partial charge in [0.1, 0.15) is 4.90 Å². The van der Waals surface area contributed by atoms with Gasteiger partial charge in [-0.15, -0.1) is 0 Å². The third-order valence-corrected chi connectivity index (χ3v) is 9.38. The number of amides is 1. The average Bonchev–Trinajstić information content (AvgIpc) is 3.69. The minimum absolute atomic E-state index is 0.0892. The van der Waals surface area contributed by atoms with Crippen molar-refractivity contribution in [2.75, 3.05) is 18.8 Å². The van der Waals surface area contributed by atoms with Crippen molar-refractivity contribution in [1.29, 1.82) is 0 Å². The van der Waals surface area contributed by atoms with Crippen LogP contribution >= 0.6 is 11.8 Å². The molecule has 2 fully saturated rings. The average molecular weight is 488 g/mol. The van der Waals surface area contributed by atoms with Crippen molar-refractivity contribution in [3.63, 3.8) is 0 Å². The number of hydrogen-bond donors (Lipinski definition) is 0. The summed E-state index contributed by atoms with van der Waals surface area (Å²) in [7, 11) is -3.51. The smallest absolute Gasteiger partial charge is 0.244 e. The van der Waals surface area contributed by atoms with Gasteiger partial charge in [0.15, 0.2) is 0 Å². The third-order valence-electron chi connectivity index (χ3n) is 6.57. The molecule has 178 valence electrons. The zero-order chi connectivity index (χ0) is 23.3. The summed E-state index contributed by atoms with van der Waals surface area (Å²) >= 11 is 1.36. The number of thioether (sulfide) groups is 1. The second-order valence-electron chi connectivity index (χ2n) is 9.02. The fourth-order valence-corrected chi connectivity index (χ4v) is 6.52. The lowest BCUT2D eigenvalue weighted by atomic mass is 10.1. The normalized spacial score (nSPS) is 18.5. The van der Waals surface area contributed by atoms with Crippen LogP contribution in [0.5, 0.6) is 0 Å². The number of carbonyl (C=O) groups excluding carboxylic acids is 1. The standard InChI is InChI=1S/C25H33N3O3S2/c1-20(22-11-12-22)28(18-21-9-5-4-6-10-21)25(29)19-32-24-14-13-23(17-26-24)33(30,31)27-15-7-2-3-8-16-27/h4-6,9-10,13-14,17,20,22H,2-3,7-8,11-12,15-16,18-19H2,1H3/t20-/m1/s1. The van der Waals surface area contributed by atoms with Crippen LogP contribution < -0.4 is 0 Å². The molecule has 1 aliphatic heterocycles. The lowest BCUT2D eigenvalue weighted by molar-refractivity contribution is -0.131. The van der Waals surface area contributed by atoms with Crippen LogP contribution in [-0.2, 0) is 21.4 Å². The van der Waals surface area contributed by atoms with Gasteiger partial charge in [0, 0.05) is 31.9 Å². The Kier molecular flexibility index (Phi) is 8.09. The summed E-state index contributed by atoms with van der Waals surface area (Å²) in [6.07, 6.45) is 7.76. The highest BCUT2D eigenvalue weighted by Gasteiger charge is 2.34. The molecular weight excluding hydrogens is 454 g/mol. The molecule has 1 saturated carbocycles. The van der Waals surface area contributed by atoms with Crippen LogP contribution in [0, 0.1) is 5.92 Å². The molecule has 33 heavy (non-hydrogen) atoms. The second kappa shape index (κ2) is 11.0. The Hall–Kier alpha value is -1.90. The van der Waals surface area contributed by atoms with E-state index in [-0.39, 0.29) is 22.6 Å². The zero-order valence-electron chi connectivity index (χ0n) is 19.2. The zero-order valence-corrected chi connectivity index (χ0v) is 20.9. The summed E-state index contributed by atoms with van der Waals surface area (Å²) in [6, 6.07) is 13.6. The van der Waals surface area contributed by atoms with Crippen LogP contribution in [0.25, 0.3) is 0 Å². The van der Waals surface area contributed by atoms with Gasteiger partial charge in [-0.3, -0.25) is 4.79 Å². The van der Waals surface area contributed by atoms with Crippen molar-refractivity contribution in [2.45, 2.75) is 68.0 Å². The number of pyridine rings is 1. The van der Waals surface area contributed by atoms with E-state index in [9.17, 15) is 13.2 Å². The summed E-state index contributed by atoms with van der Waals surface area (Å²) in [6.45, 7) is 3.90. The summed E-state index contributed by atoms with van der Waals surface area (Å²) < 4.78 is 27.5. The molecule has 0 spiro atoms. The quantitative estimate of drug-likeness (QED) is 0.485. The first kappa shape index (κ1) is 24.2. The van der Waals surface area contributed by atoms with Crippen molar-refractivity contribution < 1.29 is 13.2 Å². The number of carbonyl (C=O) groups is 1. The molecule has 0 N–H and O–H groups in total.